The molecular formula is C18H36N2. The summed E-state index contributed by atoms with van der Waals surface area (Å²) in [6, 6.07) is 2.22. The van der Waals surface area contributed by atoms with Gasteiger partial charge in [-0.15, -0.1) is 0 Å². The summed E-state index contributed by atoms with van der Waals surface area (Å²) in [4.78, 5) is 2.76. The lowest BCUT2D eigenvalue weighted by Crippen LogP contribution is -2.55. The Hall–Kier alpha value is -0.0800. The van der Waals surface area contributed by atoms with Crippen LogP contribution in [0.4, 0.5) is 0 Å². The van der Waals surface area contributed by atoms with E-state index in [1.165, 1.54) is 51.5 Å². The summed E-state index contributed by atoms with van der Waals surface area (Å²) in [6.07, 6.45) is 9.69. The highest BCUT2D eigenvalue weighted by molar-refractivity contribution is 5.02. The van der Waals surface area contributed by atoms with Crippen molar-refractivity contribution in [1.29, 1.82) is 0 Å². The number of likely N-dealkylation sites (N-methyl/N-ethyl adjacent to an activating group) is 1. The molecule has 0 bridgehead atoms. The fourth-order valence-corrected chi connectivity index (χ4v) is 4.66. The van der Waals surface area contributed by atoms with Crippen molar-refractivity contribution < 1.29 is 0 Å². The third kappa shape index (κ3) is 3.39. The molecule has 0 aromatic rings. The predicted molar refractivity (Wildman–Crippen MR) is 88.1 cm³/mol. The van der Waals surface area contributed by atoms with Crippen LogP contribution in [0.25, 0.3) is 0 Å². The maximum atomic E-state index is 3.86. The molecule has 2 saturated carbocycles. The molecule has 0 spiro atoms. The Morgan fingerprint density at radius 2 is 1.80 bits per heavy atom. The van der Waals surface area contributed by atoms with E-state index in [4.69, 9.17) is 0 Å². The summed E-state index contributed by atoms with van der Waals surface area (Å²) < 4.78 is 0. The van der Waals surface area contributed by atoms with Gasteiger partial charge < -0.3 is 5.32 Å². The molecule has 0 aliphatic heterocycles. The average Bonchev–Trinajstić information content (AvgIpc) is 2.71. The molecule has 0 aromatic carbocycles. The molecule has 2 rings (SSSR count). The highest BCUT2D eigenvalue weighted by Gasteiger charge is 2.45. The van der Waals surface area contributed by atoms with Gasteiger partial charge in [-0.3, -0.25) is 4.90 Å². The lowest BCUT2D eigenvalue weighted by molar-refractivity contribution is 0.0744. The second-order valence-electron chi connectivity index (χ2n) is 8.02. The Labute approximate surface area is 126 Å². The maximum absolute atomic E-state index is 3.86. The Kier molecular flexibility index (Phi) is 5.53. The quantitative estimate of drug-likeness (QED) is 0.817. The van der Waals surface area contributed by atoms with Crippen LogP contribution in [-0.4, -0.2) is 36.6 Å². The van der Waals surface area contributed by atoms with E-state index in [9.17, 15) is 0 Å². The fraction of sp³-hybridized carbons (Fsp3) is 1.00. The first-order valence-corrected chi connectivity index (χ1v) is 8.92. The molecule has 1 N–H and O–H groups in total. The fourth-order valence-electron chi connectivity index (χ4n) is 4.66. The van der Waals surface area contributed by atoms with Crippen molar-refractivity contribution in [3.05, 3.63) is 0 Å². The molecule has 2 nitrogen and oxygen atoms in total. The highest BCUT2D eigenvalue weighted by atomic mass is 15.2. The maximum Gasteiger partial charge on any atom is 0.0274 e. The van der Waals surface area contributed by atoms with E-state index in [2.05, 4.69) is 45.0 Å². The van der Waals surface area contributed by atoms with Crippen LogP contribution < -0.4 is 5.32 Å². The second kappa shape index (κ2) is 6.79. The van der Waals surface area contributed by atoms with Gasteiger partial charge in [0.15, 0.2) is 0 Å². The smallest absolute Gasteiger partial charge is 0.0274 e. The van der Waals surface area contributed by atoms with Crippen LogP contribution in [0.5, 0.6) is 0 Å². The van der Waals surface area contributed by atoms with Crippen molar-refractivity contribution in [2.24, 2.45) is 11.3 Å². The summed E-state index contributed by atoms with van der Waals surface area (Å²) in [5, 5.41) is 3.86. The van der Waals surface area contributed by atoms with Gasteiger partial charge in [0, 0.05) is 18.1 Å². The molecule has 2 heteroatoms. The minimum atomic E-state index is 0.450. The number of hydrogen-bond acceptors (Lipinski definition) is 2. The molecule has 4 unspecified atom stereocenters. The standard InChI is InChI=1S/C18H36N2/c1-6-13-19-17-16(11-12-18(17,3)4)20(5)15-10-8-7-9-14(15)2/h14-17,19H,6-13H2,1-5H3. The third-order valence-corrected chi connectivity index (χ3v) is 6.04. The van der Waals surface area contributed by atoms with E-state index < -0.39 is 0 Å². The molecule has 0 heterocycles. The Balaban J connectivity index is 2.05. The van der Waals surface area contributed by atoms with Crippen molar-refractivity contribution in [1.82, 2.24) is 10.2 Å². The summed E-state index contributed by atoms with van der Waals surface area (Å²) in [7, 11) is 2.40. The van der Waals surface area contributed by atoms with Crippen LogP contribution in [0.1, 0.15) is 72.6 Å². The molecule has 0 aromatic heterocycles. The van der Waals surface area contributed by atoms with Crippen molar-refractivity contribution in [3.63, 3.8) is 0 Å². The summed E-state index contributed by atoms with van der Waals surface area (Å²) in [6.45, 7) is 10.8. The van der Waals surface area contributed by atoms with E-state index in [0.717, 1.165) is 18.0 Å². The minimum absolute atomic E-state index is 0.450. The van der Waals surface area contributed by atoms with Gasteiger partial charge in [-0.2, -0.15) is 0 Å². The molecule has 0 amide bonds. The number of nitrogens with one attached hydrogen (secondary N) is 1. The SMILES string of the molecule is CCCNC1C(N(C)C2CCCCC2C)CCC1(C)C. The number of hydrogen-bond donors (Lipinski definition) is 1. The van der Waals surface area contributed by atoms with Gasteiger partial charge >= 0.3 is 0 Å². The van der Waals surface area contributed by atoms with Crippen molar-refractivity contribution in [2.75, 3.05) is 13.6 Å². The van der Waals surface area contributed by atoms with Gasteiger partial charge in [0.1, 0.15) is 0 Å². The van der Waals surface area contributed by atoms with Gasteiger partial charge in [0.05, 0.1) is 0 Å². The van der Waals surface area contributed by atoms with Crippen LogP contribution in [-0.2, 0) is 0 Å². The molecule has 4 atom stereocenters. The Morgan fingerprint density at radius 3 is 2.45 bits per heavy atom. The average molecular weight is 280 g/mol. The zero-order valence-electron chi connectivity index (χ0n) is 14.4. The Bertz CT molecular complexity index is 300. The van der Waals surface area contributed by atoms with E-state index in [-0.39, 0.29) is 0 Å². The minimum Gasteiger partial charge on any atom is -0.312 e. The molecule has 2 fully saturated rings. The third-order valence-electron chi connectivity index (χ3n) is 6.04. The van der Waals surface area contributed by atoms with E-state index in [1.807, 2.05) is 0 Å². The molecule has 0 saturated heterocycles. The van der Waals surface area contributed by atoms with Gasteiger partial charge in [0.25, 0.3) is 0 Å². The first-order valence-electron chi connectivity index (χ1n) is 8.92. The molecular weight excluding hydrogens is 244 g/mol. The molecule has 0 radical (unpaired) electrons. The summed E-state index contributed by atoms with van der Waals surface area (Å²) in [5.41, 5.74) is 0.450. The van der Waals surface area contributed by atoms with Crippen LogP contribution in [0, 0.1) is 11.3 Å². The van der Waals surface area contributed by atoms with E-state index in [0.29, 0.717) is 11.5 Å². The lowest BCUT2D eigenvalue weighted by atomic mass is 9.82. The zero-order chi connectivity index (χ0) is 14.8. The monoisotopic (exact) mass is 280 g/mol. The largest absolute Gasteiger partial charge is 0.312 e. The normalized spacial score (nSPS) is 37.5. The van der Waals surface area contributed by atoms with Crippen LogP contribution >= 0.6 is 0 Å². The van der Waals surface area contributed by atoms with Gasteiger partial charge in [0.2, 0.25) is 0 Å². The summed E-state index contributed by atoms with van der Waals surface area (Å²) >= 11 is 0. The topological polar surface area (TPSA) is 15.3 Å². The lowest BCUT2D eigenvalue weighted by Gasteiger charge is -2.43. The molecule has 118 valence electrons. The van der Waals surface area contributed by atoms with Crippen molar-refractivity contribution >= 4 is 0 Å². The molecule has 2 aliphatic rings. The number of nitrogens with zero attached hydrogens (tertiary/aromatic N) is 1. The van der Waals surface area contributed by atoms with Crippen LogP contribution in [0.15, 0.2) is 0 Å². The van der Waals surface area contributed by atoms with E-state index in [1.54, 1.807) is 0 Å². The molecule has 2 aliphatic carbocycles. The van der Waals surface area contributed by atoms with Crippen molar-refractivity contribution in [3.8, 4) is 0 Å². The predicted octanol–water partition coefficient (Wildman–Crippen LogP) is 4.05. The van der Waals surface area contributed by atoms with Crippen molar-refractivity contribution in [2.45, 2.75) is 90.8 Å². The highest BCUT2D eigenvalue weighted by Crippen LogP contribution is 2.41. The number of rotatable bonds is 5. The van der Waals surface area contributed by atoms with Crippen LogP contribution in [0.3, 0.4) is 0 Å². The summed E-state index contributed by atoms with van der Waals surface area (Å²) in [5.74, 6) is 0.879. The molecule has 20 heavy (non-hydrogen) atoms. The van der Waals surface area contributed by atoms with E-state index >= 15 is 0 Å². The zero-order valence-corrected chi connectivity index (χ0v) is 14.4. The van der Waals surface area contributed by atoms with Gasteiger partial charge in [-0.1, -0.05) is 40.5 Å². The first kappa shape index (κ1) is 16.3. The van der Waals surface area contributed by atoms with Gasteiger partial charge in [-0.25, -0.2) is 0 Å². The van der Waals surface area contributed by atoms with Crippen LogP contribution in [0.2, 0.25) is 0 Å². The second-order valence-corrected chi connectivity index (χ2v) is 8.02. The Morgan fingerprint density at radius 1 is 1.10 bits per heavy atom. The first-order chi connectivity index (χ1) is 9.47. The van der Waals surface area contributed by atoms with Gasteiger partial charge in [-0.05, 0) is 57.0 Å².